The van der Waals surface area contributed by atoms with Gasteiger partial charge in [0.1, 0.15) is 17.1 Å². The Morgan fingerprint density at radius 3 is 2.65 bits per heavy atom. The molecule has 144 valence electrons. The van der Waals surface area contributed by atoms with Crippen molar-refractivity contribution in [1.82, 2.24) is 4.98 Å². The van der Waals surface area contributed by atoms with E-state index < -0.39 is 17.8 Å². The summed E-state index contributed by atoms with van der Waals surface area (Å²) in [4.78, 5) is 19.5. The lowest BCUT2D eigenvalue weighted by molar-refractivity contribution is -0.141. The van der Waals surface area contributed by atoms with Gasteiger partial charge >= 0.3 is 12.1 Å². The quantitative estimate of drug-likeness (QED) is 0.211. The van der Waals surface area contributed by atoms with Crippen molar-refractivity contribution in [1.29, 1.82) is 0 Å². The van der Waals surface area contributed by atoms with Crippen LogP contribution in [0.15, 0.2) is 35.1 Å². The number of esters is 1. The highest BCUT2D eigenvalue weighted by Crippen LogP contribution is 2.27. The maximum Gasteiger partial charge on any atom is 0.433 e. The number of nitrogens with one attached hydrogen (secondary N) is 1. The van der Waals surface area contributed by atoms with Crippen molar-refractivity contribution in [2.75, 3.05) is 25.1 Å². The highest BCUT2D eigenvalue weighted by atomic mass is 19.4. The number of anilines is 1. The van der Waals surface area contributed by atoms with Gasteiger partial charge in [0, 0.05) is 19.4 Å². The maximum absolute atomic E-state index is 12.6. The van der Waals surface area contributed by atoms with Crippen LogP contribution in [-0.4, -0.2) is 41.7 Å². The normalized spacial score (nSPS) is 12.8. The first kappa shape index (κ1) is 21.4. The molecule has 0 unspecified atom stereocenters. The minimum Gasteiger partial charge on any atom is -0.462 e. The molecule has 0 aliphatic rings. The second-order valence-corrected chi connectivity index (χ2v) is 5.02. The largest absolute Gasteiger partial charge is 0.462 e. The molecule has 4 N–H and O–H groups in total. The number of pyridine rings is 1. The van der Waals surface area contributed by atoms with Gasteiger partial charge in [0.2, 0.25) is 0 Å². The third-order valence-electron chi connectivity index (χ3n) is 3.07. The average molecular weight is 374 g/mol. The molecule has 1 rings (SSSR count). The fraction of sp³-hybridized carbons (Fsp3) is 0.438. The van der Waals surface area contributed by atoms with Crippen LogP contribution in [0.5, 0.6) is 0 Å². The van der Waals surface area contributed by atoms with Gasteiger partial charge in [0.05, 0.1) is 18.5 Å². The number of nitrogens with zero attached hydrogens (tertiary/aromatic N) is 2. The number of hydrogen-bond donors (Lipinski definition) is 3. The second-order valence-electron chi connectivity index (χ2n) is 5.02. The SMILES string of the molecule is CCOC(=O)C(=CN)C(=NCCCCO)Nc1ccc(C(F)(F)F)nc1. The molecule has 0 saturated carbocycles. The van der Waals surface area contributed by atoms with E-state index in [1.807, 2.05) is 0 Å². The number of carbonyl (C=O) groups is 1. The number of carbonyl (C=O) groups excluding carboxylic acids is 1. The van der Waals surface area contributed by atoms with Gasteiger partial charge in [-0.15, -0.1) is 0 Å². The molecule has 0 aliphatic carbocycles. The Labute approximate surface area is 148 Å². The Bertz CT molecular complexity index is 643. The smallest absolute Gasteiger partial charge is 0.433 e. The number of aliphatic imine (C=N–C) groups is 1. The Morgan fingerprint density at radius 1 is 1.42 bits per heavy atom. The summed E-state index contributed by atoms with van der Waals surface area (Å²) in [6, 6.07) is 1.97. The molecule has 0 saturated heterocycles. The van der Waals surface area contributed by atoms with E-state index in [0.717, 1.165) is 18.5 Å². The lowest BCUT2D eigenvalue weighted by atomic mass is 10.2. The summed E-state index contributed by atoms with van der Waals surface area (Å²) >= 11 is 0. The Hall–Kier alpha value is -2.62. The topological polar surface area (TPSA) is 110 Å². The zero-order valence-corrected chi connectivity index (χ0v) is 14.2. The molecule has 26 heavy (non-hydrogen) atoms. The molecule has 1 aromatic rings. The molecule has 0 radical (unpaired) electrons. The van der Waals surface area contributed by atoms with E-state index in [9.17, 15) is 18.0 Å². The first-order valence-corrected chi connectivity index (χ1v) is 7.88. The third kappa shape index (κ3) is 6.71. The van der Waals surface area contributed by atoms with E-state index >= 15 is 0 Å². The molecule has 0 bridgehead atoms. The molecule has 0 aromatic carbocycles. The van der Waals surface area contributed by atoms with E-state index in [4.69, 9.17) is 15.6 Å². The summed E-state index contributed by atoms with van der Waals surface area (Å²) in [6.07, 6.45) is -1.50. The van der Waals surface area contributed by atoms with Crippen LogP contribution in [0, 0.1) is 0 Å². The minimum absolute atomic E-state index is 0.00142. The number of unbranched alkanes of at least 4 members (excludes halogenated alkanes) is 1. The number of hydrogen-bond acceptors (Lipinski definition) is 6. The lowest BCUT2D eigenvalue weighted by Crippen LogP contribution is -2.24. The number of alkyl halides is 3. The van der Waals surface area contributed by atoms with Crippen LogP contribution >= 0.6 is 0 Å². The lowest BCUT2D eigenvalue weighted by Gasteiger charge is -2.13. The first-order chi connectivity index (χ1) is 12.3. The fourth-order valence-corrected chi connectivity index (χ4v) is 1.83. The number of aromatic nitrogens is 1. The predicted octanol–water partition coefficient (Wildman–Crippen LogP) is 2.09. The highest BCUT2D eigenvalue weighted by molar-refractivity contribution is 6.23. The van der Waals surface area contributed by atoms with E-state index in [0.29, 0.717) is 12.8 Å². The third-order valence-corrected chi connectivity index (χ3v) is 3.07. The second kappa shape index (κ2) is 10.4. The molecule has 1 heterocycles. The number of ether oxygens (including phenoxy) is 1. The van der Waals surface area contributed by atoms with E-state index in [-0.39, 0.29) is 36.9 Å². The van der Waals surface area contributed by atoms with Crippen LogP contribution < -0.4 is 11.1 Å². The van der Waals surface area contributed by atoms with E-state index in [1.165, 1.54) is 6.07 Å². The number of aliphatic hydroxyl groups is 1. The maximum atomic E-state index is 12.6. The van der Waals surface area contributed by atoms with Gasteiger partial charge in [-0.05, 0) is 31.9 Å². The molecule has 0 spiro atoms. The molecule has 10 heteroatoms. The molecular formula is C16H21F3N4O3. The van der Waals surface area contributed by atoms with Gasteiger partial charge in [0.25, 0.3) is 0 Å². The Kier molecular flexibility index (Phi) is 8.56. The van der Waals surface area contributed by atoms with E-state index in [2.05, 4.69) is 15.3 Å². The van der Waals surface area contributed by atoms with Crippen molar-refractivity contribution in [2.24, 2.45) is 10.7 Å². The van der Waals surface area contributed by atoms with Crippen LogP contribution in [0.4, 0.5) is 18.9 Å². The molecule has 0 aliphatic heterocycles. The van der Waals surface area contributed by atoms with Gasteiger partial charge in [-0.2, -0.15) is 13.2 Å². The molecule has 0 amide bonds. The van der Waals surface area contributed by atoms with Crippen LogP contribution in [0.3, 0.4) is 0 Å². The summed E-state index contributed by atoms with van der Waals surface area (Å²) in [5.74, 6) is -0.672. The number of nitrogens with two attached hydrogens (primary N) is 1. The summed E-state index contributed by atoms with van der Waals surface area (Å²) in [7, 11) is 0. The Morgan fingerprint density at radius 2 is 2.15 bits per heavy atom. The molecular weight excluding hydrogens is 353 g/mol. The van der Waals surface area contributed by atoms with Crippen LogP contribution in [0.2, 0.25) is 0 Å². The van der Waals surface area contributed by atoms with Crippen molar-refractivity contribution in [3.8, 4) is 0 Å². The standard InChI is InChI=1S/C16H21F3N4O3/c1-2-26-15(25)12(9-20)14(21-7-3-4-8-24)23-11-5-6-13(22-10-11)16(17,18)19/h5-6,9-10,24H,2-4,7-8,20H2,1H3,(H,21,23). The molecule has 7 nitrogen and oxygen atoms in total. The number of aliphatic hydroxyl groups excluding tert-OH is 1. The van der Waals surface area contributed by atoms with Crippen molar-refractivity contribution in [3.05, 3.63) is 35.8 Å². The van der Waals surface area contributed by atoms with E-state index in [1.54, 1.807) is 6.92 Å². The van der Waals surface area contributed by atoms with Crippen LogP contribution in [0.25, 0.3) is 0 Å². The van der Waals surface area contributed by atoms with Gasteiger partial charge in [-0.3, -0.25) is 4.99 Å². The van der Waals surface area contributed by atoms with Gasteiger partial charge in [-0.1, -0.05) is 0 Å². The van der Waals surface area contributed by atoms with Crippen molar-refractivity contribution < 1.29 is 27.8 Å². The molecule has 1 aromatic heterocycles. The monoisotopic (exact) mass is 374 g/mol. The number of halogens is 3. The van der Waals surface area contributed by atoms with Crippen molar-refractivity contribution >= 4 is 17.5 Å². The van der Waals surface area contributed by atoms with Crippen molar-refractivity contribution in [3.63, 3.8) is 0 Å². The van der Waals surface area contributed by atoms with Crippen LogP contribution in [0.1, 0.15) is 25.5 Å². The zero-order valence-electron chi connectivity index (χ0n) is 14.2. The summed E-state index contributed by atoms with van der Waals surface area (Å²) < 4.78 is 42.6. The zero-order chi connectivity index (χ0) is 19.6. The fourth-order valence-electron chi connectivity index (χ4n) is 1.83. The average Bonchev–Trinajstić information content (AvgIpc) is 2.59. The summed E-state index contributed by atoms with van der Waals surface area (Å²) in [5.41, 5.74) is 4.58. The number of amidine groups is 1. The van der Waals surface area contributed by atoms with Gasteiger partial charge in [0.15, 0.2) is 0 Å². The van der Waals surface area contributed by atoms with Crippen LogP contribution in [-0.2, 0) is 15.7 Å². The van der Waals surface area contributed by atoms with Gasteiger partial charge < -0.3 is 20.9 Å². The molecule has 0 atom stereocenters. The predicted molar refractivity (Wildman–Crippen MR) is 90.4 cm³/mol. The highest BCUT2D eigenvalue weighted by Gasteiger charge is 2.32. The summed E-state index contributed by atoms with van der Waals surface area (Å²) in [5, 5.41) is 11.5. The molecule has 0 fully saturated rings. The first-order valence-electron chi connectivity index (χ1n) is 7.88. The van der Waals surface area contributed by atoms with Gasteiger partial charge in [-0.25, -0.2) is 9.78 Å². The Balaban J connectivity index is 3.02. The number of rotatable bonds is 8. The minimum atomic E-state index is -4.55. The summed E-state index contributed by atoms with van der Waals surface area (Å²) in [6.45, 7) is 2.01. The van der Waals surface area contributed by atoms with Crippen molar-refractivity contribution in [2.45, 2.75) is 25.9 Å².